The Hall–Kier alpha value is -2.70. The van der Waals surface area contributed by atoms with Gasteiger partial charge in [0.1, 0.15) is 12.4 Å². The van der Waals surface area contributed by atoms with Gasteiger partial charge in [0.2, 0.25) is 0 Å². The second-order valence-corrected chi connectivity index (χ2v) is 7.55. The molecule has 150 valence electrons. The van der Waals surface area contributed by atoms with Crippen LogP contribution in [0.2, 0.25) is 0 Å². The first-order valence-electron chi connectivity index (χ1n) is 10.0. The summed E-state index contributed by atoms with van der Waals surface area (Å²) in [5, 5.41) is 6.97. The van der Waals surface area contributed by atoms with Crippen LogP contribution in [-0.2, 0) is 0 Å². The first-order valence-corrected chi connectivity index (χ1v) is 10.4. The number of fused-ring (bicyclic) bond motifs is 2. The van der Waals surface area contributed by atoms with E-state index in [2.05, 4.69) is 29.4 Å². The maximum atomic E-state index is 13.1. The fraction of sp³-hybridized carbons (Fsp3) is 0.304. The number of hydrogen-bond acceptors (Lipinski definition) is 4. The molecule has 1 aliphatic heterocycles. The SMILES string of the molecule is CCN(CC)CCOc1cccc(C2NC(=S)NC3=C2C(=O)c2ccccc23)c1. The third-order valence-corrected chi connectivity index (χ3v) is 5.74. The number of benzene rings is 2. The summed E-state index contributed by atoms with van der Waals surface area (Å²) in [6.07, 6.45) is 0. The van der Waals surface area contributed by atoms with Gasteiger partial charge in [-0.2, -0.15) is 0 Å². The molecular formula is C23H25N3O2S. The van der Waals surface area contributed by atoms with Crippen LogP contribution in [0.5, 0.6) is 5.75 Å². The van der Waals surface area contributed by atoms with Crippen molar-refractivity contribution in [1.29, 1.82) is 0 Å². The molecule has 2 aromatic carbocycles. The predicted octanol–water partition coefficient (Wildman–Crippen LogP) is 3.53. The molecule has 0 radical (unpaired) electrons. The van der Waals surface area contributed by atoms with E-state index in [1.165, 1.54) is 0 Å². The van der Waals surface area contributed by atoms with E-state index in [4.69, 9.17) is 17.0 Å². The van der Waals surface area contributed by atoms with E-state index in [-0.39, 0.29) is 11.8 Å². The number of rotatable bonds is 7. The van der Waals surface area contributed by atoms with Crippen LogP contribution >= 0.6 is 12.2 Å². The number of likely N-dealkylation sites (N-methyl/N-ethyl adjacent to an activating group) is 1. The second kappa shape index (κ2) is 8.35. The molecular weight excluding hydrogens is 382 g/mol. The summed E-state index contributed by atoms with van der Waals surface area (Å²) < 4.78 is 5.98. The Labute approximate surface area is 176 Å². The number of carbonyl (C=O) groups excluding carboxylic acids is 1. The van der Waals surface area contributed by atoms with Crippen molar-refractivity contribution in [2.24, 2.45) is 0 Å². The number of Topliss-reactive ketones (excluding diaryl/α,β-unsaturated/α-hetero) is 1. The average Bonchev–Trinajstić information content (AvgIpc) is 3.03. The van der Waals surface area contributed by atoms with E-state index in [1.807, 2.05) is 48.5 Å². The quantitative estimate of drug-likeness (QED) is 0.685. The van der Waals surface area contributed by atoms with Gasteiger partial charge in [-0.1, -0.05) is 50.2 Å². The van der Waals surface area contributed by atoms with Crippen molar-refractivity contribution in [3.8, 4) is 5.75 Å². The molecule has 0 amide bonds. The Morgan fingerprint density at radius 1 is 1.07 bits per heavy atom. The Kier molecular flexibility index (Phi) is 5.65. The highest BCUT2D eigenvalue weighted by Gasteiger charge is 2.38. The van der Waals surface area contributed by atoms with Crippen LogP contribution in [0, 0.1) is 0 Å². The minimum absolute atomic E-state index is 0.0379. The topological polar surface area (TPSA) is 53.6 Å². The molecule has 29 heavy (non-hydrogen) atoms. The molecule has 2 N–H and O–H groups in total. The van der Waals surface area contributed by atoms with Crippen LogP contribution in [0.25, 0.3) is 5.70 Å². The van der Waals surface area contributed by atoms with Crippen LogP contribution in [0.1, 0.15) is 41.4 Å². The van der Waals surface area contributed by atoms with Crippen LogP contribution in [0.15, 0.2) is 54.1 Å². The van der Waals surface area contributed by atoms with E-state index >= 15 is 0 Å². The monoisotopic (exact) mass is 407 g/mol. The minimum Gasteiger partial charge on any atom is -0.492 e. The van der Waals surface area contributed by atoms with Crippen molar-refractivity contribution in [3.63, 3.8) is 0 Å². The Morgan fingerprint density at radius 3 is 2.59 bits per heavy atom. The summed E-state index contributed by atoms with van der Waals surface area (Å²) >= 11 is 5.43. The zero-order chi connectivity index (χ0) is 20.4. The largest absolute Gasteiger partial charge is 0.492 e. The van der Waals surface area contributed by atoms with Crippen LogP contribution < -0.4 is 15.4 Å². The van der Waals surface area contributed by atoms with E-state index in [9.17, 15) is 4.79 Å². The van der Waals surface area contributed by atoms with E-state index in [1.54, 1.807) is 0 Å². The van der Waals surface area contributed by atoms with Gasteiger partial charge in [0.05, 0.1) is 17.3 Å². The molecule has 1 atom stereocenters. The van der Waals surface area contributed by atoms with Crippen LogP contribution in [0.4, 0.5) is 0 Å². The molecule has 5 nitrogen and oxygen atoms in total. The zero-order valence-corrected chi connectivity index (χ0v) is 17.5. The van der Waals surface area contributed by atoms with Gasteiger partial charge >= 0.3 is 0 Å². The lowest BCUT2D eigenvalue weighted by molar-refractivity contribution is 0.103. The normalized spacial score (nSPS) is 17.7. The van der Waals surface area contributed by atoms with Crippen molar-refractivity contribution in [2.45, 2.75) is 19.9 Å². The van der Waals surface area contributed by atoms with Gasteiger partial charge in [0.25, 0.3) is 0 Å². The van der Waals surface area contributed by atoms with E-state index in [0.717, 1.165) is 42.2 Å². The predicted molar refractivity (Wildman–Crippen MR) is 119 cm³/mol. The molecule has 1 unspecified atom stereocenters. The maximum Gasteiger partial charge on any atom is 0.194 e. The average molecular weight is 408 g/mol. The first-order chi connectivity index (χ1) is 14.1. The maximum absolute atomic E-state index is 13.1. The molecule has 1 aliphatic carbocycles. The lowest BCUT2D eigenvalue weighted by atomic mass is 9.94. The number of nitrogens with zero attached hydrogens (tertiary/aromatic N) is 1. The third kappa shape index (κ3) is 3.78. The van der Waals surface area contributed by atoms with Gasteiger partial charge in [-0.05, 0) is 43.0 Å². The number of nitrogens with one attached hydrogen (secondary N) is 2. The highest BCUT2D eigenvalue weighted by atomic mass is 32.1. The number of ether oxygens (including phenoxy) is 1. The molecule has 0 aromatic heterocycles. The highest BCUT2D eigenvalue weighted by Crippen LogP contribution is 2.40. The van der Waals surface area contributed by atoms with Crippen LogP contribution in [-0.4, -0.2) is 42.0 Å². The standard InChI is InChI=1S/C23H25N3O2S/c1-3-26(4-2)12-13-28-16-9-7-8-15(14-16)20-19-21(25-23(29)24-20)17-10-5-6-11-18(17)22(19)27/h5-11,14,20H,3-4,12-13H2,1-2H3,(H2,24,25,29). The van der Waals surface area contributed by atoms with Gasteiger partial charge in [-0.15, -0.1) is 0 Å². The van der Waals surface area contributed by atoms with Crippen molar-refractivity contribution < 1.29 is 9.53 Å². The molecule has 0 fully saturated rings. The van der Waals surface area contributed by atoms with Gasteiger partial charge in [0, 0.05) is 17.7 Å². The lowest BCUT2D eigenvalue weighted by Gasteiger charge is -2.28. The van der Waals surface area contributed by atoms with E-state index in [0.29, 0.717) is 22.9 Å². The van der Waals surface area contributed by atoms with Gasteiger partial charge in [-0.25, -0.2) is 0 Å². The number of hydrogen-bond donors (Lipinski definition) is 2. The van der Waals surface area contributed by atoms with E-state index < -0.39 is 0 Å². The molecule has 0 bridgehead atoms. The van der Waals surface area contributed by atoms with Crippen molar-refractivity contribution in [1.82, 2.24) is 15.5 Å². The number of ketones is 1. The Morgan fingerprint density at radius 2 is 1.83 bits per heavy atom. The summed E-state index contributed by atoms with van der Waals surface area (Å²) in [5.74, 6) is 0.835. The summed E-state index contributed by atoms with van der Waals surface area (Å²) in [4.78, 5) is 15.4. The summed E-state index contributed by atoms with van der Waals surface area (Å²) in [7, 11) is 0. The minimum atomic E-state index is -0.301. The second-order valence-electron chi connectivity index (χ2n) is 7.14. The van der Waals surface area contributed by atoms with Crippen LogP contribution in [0.3, 0.4) is 0 Å². The molecule has 1 heterocycles. The van der Waals surface area contributed by atoms with Gasteiger partial charge in [0.15, 0.2) is 10.9 Å². The number of carbonyl (C=O) groups is 1. The molecule has 0 saturated heterocycles. The molecule has 0 saturated carbocycles. The molecule has 0 spiro atoms. The highest BCUT2D eigenvalue weighted by molar-refractivity contribution is 7.80. The van der Waals surface area contributed by atoms with Crippen molar-refractivity contribution >= 4 is 28.8 Å². The Bertz CT molecular complexity index is 982. The first kappa shape index (κ1) is 19.6. The lowest BCUT2D eigenvalue weighted by Crippen LogP contribution is -2.43. The van der Waals surface area contributed by atoms with Gasteiger partial charge in [-0.3, -0.25) is 4.79 Å². The third-order valence-electron chi connectivity index (χ3n) is 5.52. The summed E-state index contributed by atoms with van der Waals surface area (Å²) in [5.41, 5.74) is 4.11. The molecule has 2 aliphatic rings. The smallest absolute Gasteiger partial charge is 0.194 e. The van der Waals surface area contributed by atoms with Crippen molar-refractivity contribution in [3.05, 3.63) is 70.8 Å². The van der Waals surface area contributed by atoms with Crippen molar-refractivity contribution in [2.75, 3.05) is 26.2 Å². The Balaban J connectivity index is 1.59. The summed E-state index contributed by atoms with van der Waals surface area (Å²) in [6.45, 7) is 7.83. The van der Waals surface area contributed by atoms with Gasteiger partial charge < -0.3 is 20.3 Å². The molecule has 4 rings (SSSR count). The molecule has 2 aromatic rings. The number of thiocarbonyl (C=S) groups is 1. The fourth-order valence-corrected chi connectivity index (χ4v) is 4.15. The molecule has 6 heteroatoms. The zero-order valence-electron chi connectivity index (χ0n) is 16.7. The summed E-state index contributed by atoms with van der Waals surface area (Å²) in [6, 6.07) is 15.3. The fourth-order valence-electron chi connectivity index (χ4n) is 3.93.